The van der Waals surface area contributed by atoms with Gasteiger partial charge in [0.25, 0.3) is 0 Å². The van der Waals surface area contributed by atoms with E-state index in [0.29, 0.717) is 17.2 Å². The number of carboxylic acids is 1. The molecule has 2 aromatic carbocycles. The predicted molar refractivity (Wildman–Crippen MR) is 107 cm³/mol. The van der Waals surface area contributed by atoms with Gasteiger partial charge in [0.2, 0.25) is 0 Å². The van der Waals surface area contributed by atoms with Gasteiger partial charge in [0, 0.05) is 0 Å². The van der Waals surface area contributed by atoms with E-state index in [0.717, 1.165) is 6.07 Å². The first-order valence-corrected chi connectivity index (χ1v) is 10.8. The van der Waals surface area contributed by atoms with Crippen LogP contribution >= 0.6 is 0 Å². The number of carboxylic acid groups (broad SMARTS) is 1. The fourth-order valence-corrected chi connectivity index (χ4v) is 5.83. The summed E-state index contributed by atoms with van der Waals surface area (Å²) >= 11 is 0. The van der Waals surface area contributed by atoms with E-state index in [1.165, 1.54) is 12.1 Å². The smallest absolute Gasteiger partial charge is 0.480 e. The zero-order valence-corrected chi connectivity index (χ0v) is 17.4. The topological polar surface area (TPSA) is 126 Å². The SMILES string of the molecule is Cc1cc(S(=O)(=NCC(=O)O)c2cc3c(c(C(F)(F)F)c2)COB3O)cc2c1COB2O. The molecule has 1 unspecified atom stereocenters. The predicted octanol–water partition coefficient (Wildman–Crippen LogP) is 0.420. The minimum absolute atomic E-state index is 0.0824. The summed E-state index contributed by atoms with van der Waals surface area (Å²) in [6, 6.07) is 4.44. The van der Waals surface area contributed by atoms with Crippen LogP contribution in [0.25, 0.3) is 0 Å². The number of rotatable bonds is 4. The van der Waals surface area contributed by atoms with Gasteiger partial charge in [-0.3, -0.25) is 4.79 Å². The highest BCUT2D eigenvalue weighted by molar-refractivity contribution is 7.93. The van der Waals surface area contributed by atoms with Gasteiger partial charge >= 0.3 is 26.4 Å². The van der Waals surface area contributed by atoms with Crippen molar-refractivity contribution in [3.8, 4) is 0 Å². The molecule has 1 atom stereocenters. The van der Waals surface area contributed by atoms with E-state index in [9.17, 15) is 32.2 Å². The molecule has 2 heterocycles. The zero-order chi connectivity index (χ0) is 23.4. The third kappa shape index (κ3) is 3.82. The number of hydrogen-bond donors (Lipinski definition) is 3. The Morgan fingerprint density at radius 2 is 1.59 bits per heavy atom. The molecule has 2 aliphatic rings. The zero-order valence-electron chi connectivity index (χ0n) is 16.5. The van der Waals surface area contributed by atoms with Crippen LogP contribution in [0.3, 0.4) is 0 Å². The van der Waals surface area contributed by atoms with E-state index in [2.05, 4.69) is 4.36 Å². The van der Waals surface area contributed by atoms with E-state index in [1.54, 1.807) is 6.92 Å². The average Bonchev–Trinajstić information content (AvgIpc) is 3.28. The van der Waals surface area contributed by atoms with Crippen molar-refractivity contribution < 1.29 is 46.6 Å². The fourth-order valence-electron chi connectivity index (χ4n) is 3.78. The number of halogens is 3. The molecule has 0 radical (unpaired) electrons. The summed E-state index contributed by atoms with van der Waals surface area (Å²) in [7, 11) is -6.91. The molecule has 3 N–H and O–H groups in total. The highest BCUT2D eigenvalue weighted by Crippen LogP contribution is 2.37. The largest absolute Gasteiger partial charge is 0.491 e. The Morgan fingerprint density at radius 1 is 1.06 bits per heavy atom. The molecule has 168 valence electrons. The quantitative estimate of drug-likeness (QED) is 0.555. The molecule has 4 rings (SSSR count). The number of alkyl halides is 3. The van der Waals surface area contributed by atoms with Crippen LogP contribution < -0.4 is 10.9 Å². The molecule has 0 saturated heterocycles. The van der Waals surface area contributed by atoms with Crippen molar-refractivity contribution in [1.29, 1.82) is 0 Å². The van der Waals surface area contributed by atoms with Crippen molar-refractivity contribution in [2.45, 2.75) is 36.1 Å². The van der Waals surface area contributed by atoms with E-state index >= 15 is 0 Å². The standard InChI is InChI=1S/C18H16B2F3NO7S/c1-9-2-10(4-15-12(9)7-30-19(15)27)32(29,24-6-17(25)26)11-3-14(18(21,22)23)13-8-31-20(28)16(13)5-11/h2-5,27-28H,6-8H2,1H3,(H,25,26). The van der Waals surface area contributed by atoms with Crippen molar-refractivity contribution in [3.63, 3.8) is 0 Å². The number of nitrogens with zero attached hydrogens (tertiary/aromatic N) is 1. The minimum Gasteiger partial charge on any atom is -0.480 e. The second-order valence-electron chi connectivity index (χ2n) is 7.38. The van der Waals surface area contributed by atoms with Gasteiger partial charge in [-0.25, -0.2) is 8.57 Å². The van der Waals surface area contributed by atoms with Gasteiger partial charge in [0.1, 0.15) is 16.3 Å². The lowest BCUT2D eigenvalue weighted by Gasteiger charge is -2.18. The fraction of sp³-hybridized carbons (Fsp3) is 0.278. The van der Waals surface area contributed by atoms with Crippen LogP contribution in [0, 0.1) is 6.92 Å². The Bertz CT molecular complexity index is 1240. The highest BCUT2D eigenvalue weighted by atomic mass is 32.2. The van der Waals surface area contributed by atoms with Crippen LogP contribution in [0.2, 0.25) is 0 Å². The van der Waals surface area contributed by atoms with Crippen molar-refractivity contribution in [2.75, 3.05) is 6.54 Å². The van der Waals surface area contributed by atoms with Crippen LogP contribution in [-0.2, 0) is 43.2 Å². The van der Waals surface area contributed by atoms with Gasteiger partial charge in [-0.15, -0.1) is 0 Å². The monoisotopic (exact) mass is 469 g/mol. The van der Waals surface area contributed by atoms with Crippen molar-refractivity contribution in [1.82, 2.24) is 0 Å². The molecule has 0 saturated carbocycles. The Labute approximate surface area is 181 Å². The number of benzene rings is 2. The Hall–Kier alpha value is -2.38. The first-order valence-electron chi connectivity index (χ1n) is 9.33. The summed E-state index contributed by atoms with van der Waals surface area (Å²) in [6.45, 7) is 0.310. The number of carbonyl (C=O) groups is 1. The summed E-state index contributed by atoms with van der Waals surface area (Å²) in [6.07, 6.45) is -4.85. The van der Waals surface area contributed by atoms with Crippen LogP contribution in [0.4, 0.5) is 13.2 Å². The lowest BCUT2D eigenvalue weighted by molar-refractivity contribution is -0.138. The molecule has 0 aromatic heterocycles. The molecule has 2 aliphatic heterocycles. The molecular formula is C18H16B2F3NO7S. The summed E-state index contributed by atoms with van der Waals surface area (Å²) in [5.74, 6) is -1.43. The number of hydrogen-bond acceptors (Lipinski definition) is 7. The average molecular weight is 469 g/mol. The van der Waals surface area contributed by atoms with Crippen molar-refractivity contribution >= 4 is 40.9 Å². The summed E-state index contributed by atoms with van der Waals surface area (Å²) < 4.78 is 69.2. The summed E-state index contributed by atoms with van der Waals surface area (Å²) in [4.78, 5) is 10.7. The molecule has 0 aliphatic carbocycles. The second kappa shape index (κ2) is 7.89. The molecule has 0 bridgehead atoms. The summed E-state index contributed by atoms with van der Waals surface area (Å²) in [5.41, 5.74) is -0.195. The Balaban J connectivity index is 2.01. The van der Waals surface area contributed by atoms with E-state index in [4.69, 9.17) is 14.4 Å². The van der Waals surface area contributed by atoms with Crippen LogP contribution in [0.15, 0.2) is 38.4 Å². The van der Waals surface area contributed by atoms with Crippen molar-refractivity contribution in [3.05, 3.63) is 46.5 Å². The maximum absolute atomic E-state index is 14.1. The van der Waals surface area contributed by atoms with Gasteiger partial charge < -0.3 is 24.5 Å². The lowest BCUT2D eigenvalue weighted by Crippen LogP contribution is -2.31. The first-order chi connectivity index (χ1) is 14.9. The van der Waals surface area contributed by atoms with E-state index in [1.807, 2.05) is 0 Å². The summed E-state index contributed by atoms with van der Waals surface area (Å²) in [5, 5.41) is 29.1. The maximum Gasteiger partial charge on any atom is 0.491 e. The first kappa shape index (κ1) is 22.8. The lowest BCUT2D eigenvalue weighted by atomic mass is 9.78. The molecule has 0 fully saturated rings. The molecule has 2 aromatic rings. The van der Waals surface area contributed by atoms with Gasteiger partial charge in [0.05, 0.1) is 28.6 Å². The van der Waals surface area contributed by atoms with E-state index < -0.39 is 59.7 Å². The molecule has 8 nitrogen and oxygen atoms in total. The van der Waals surface area contributed by atoms with Crippen molar-refractivity contribution in [2.24, 2.45) is 4.36 Å². The number of fused-ring (bicyclic) bond motifs is 2. The molecular weight excluding hydrogens is 453 g/mol. The maximum atomic E-state index is 14.1. The number of aryl methyl sites for hydroxylation is 1. The van der Waals surface area contributed by atoms with Gasteiger partial charge in [-0.2, -0.15) is 13.2 Å². The third-order valence-corrected chi connectivity index (χ3v) is 7.61. The minimum atomic E-state index is -4.85. The Kier molecular flexibility index (Phi) is 5.62. The van der Waals surface area contributed by atoms with E-state index in [-0.39, 0.29) is 28.0 Å². The normalized spacial score (nSPS) is 17.2. The van der Waals surface area contributed by atoms with Crippen LogP contribution in [0.1, 0.15) is 22.3 Å². The van der Waals surface area contributed by atoms with Crippen LogP contribution in [0.5, 0.6) is 0 Å². The van der Waals surface area contributed by atoms with Gasteiger partial charge in [-0.1, -0.05) is 0 Å². The molecule has 0 amide bonds. The highest BCUT2D eigenvalue weighted by Gasteiger charge is 2.41. The third-order valence-electron chi connectivity index (χ3n) is 5.37. The molecule has 32 heavy (non-hydrogen) atoms. The molecule has 0 spiro atoms. The van der Waals surface area contributed by atoms with Gasteiger partial charge in [0.15, 0.2) is 0 Å². The molecule has 14 heteroatoms. The van der Waals surface area contributed by atoms with Gasteiger partial charge in [-0.05, 0) is 58.8 Å². The van der Waals surface area contributed by atoms with Crippen LogP contribution in [-0.4, -0.2) is 46.1 Å². The Morgan fingerprint density at radius 3 is 2.16 bits per heavy atom. The number of aliphatic carboxylic acids is 1. The second-order valence-corrected chi connectivity index (χ2v) is 9.63.